The molecule has 0 aliphatic carbocycles. The number of halogens is 1. The van der Waals surface area contributed by atoms with Crippen LogP contribution in [0.2, 0.25) is 5.02 Å². The van der Waals surface area contributed by atoms with Crippen LogP contribution in [0.1, 0.15) is 29.9 Å². The molecule has 2 heterocycles. The van der Waals surface area contributed by atoms with Crippen molar-refractivity contribution in [3.05, 3.63) is 70.6 Å². The number of rotatable bonds is 6. The van der Waals surface area contributed by atoms with Gasteiger partial charge in [-0.15, -0.1) is 0 Å². The molecule has 6 nitrogen and oxygen atoms in total. The molecular weight excluding hydrogens is 412 g/mol. The van der Waals surface area contributed by atoms with Crippen molar-refractivity contribution < 1.29 is 9.32 Å². The van der Waals surface area contributed by atoms with Gasteiger partial charge in [0.1, 0.15) is 0 Å². The molecule has 7 heteroatoms. The molecule has 3 aromatic rings. The maximum absolute atomic E-state index is 12.9. The molecule has 1 aromatic heterocycles. The van der Waals surface area contributed by atoms with E-state index in [4.69, 9.17) is 16.1 Å². The maximum atomic E-state index is 12.9. The van der Waals surface area contributed by atoms with E-state index in [2.05, 4.69) is 46.2 Å². The first-order valence-electron chi connectivity index (χ1n) is 10.6. The van der Waals surface area contributed by atoms with E-state index in [-0.39, 0.29) is 11.8 Å². The first-order chi connectivity index (χ1) is 15.0. The second kappa shape index (κ2) is 9.62. The molecule has 1 saturated heterocycles. The SMILES string of the molecule is Cc1cccc(CN2CCC(C(=O)N(C)Cc3nc(-c4ccccc4Cl)no3)CC2)c1. The van der Waals surface area contributed by atoms with Gasteiger partial charge in [0, 0.05) is 25.1 Å². The molecule has 0 spiro atoms. The van der Waals surface area contributed by atoms with Crippen LogP contribution < -0.4 is 0 Å². The predicted octanol–water partition coefficient (Wildman–Crippen LogP) is 4.57. The summed E-state index contributed by atoms with van der Waals surface area (Å²) in [6.07, 6.45) is 1.73. The fraction of sp³-hybridized carbons (Fsp3) is 0.375. The van der Waals surface area contributed by atoms with Crippen molar-refractivity contribution in [2.24, 2.45) is 5.92 Å². The topological polar surface area (TPSA) is 62.5 Å². The number of carbonyl (C=O) groups is 1. The average molecular weight is 439 g/mol. The maximum Gasteiger partial charge on any atom is 0.246 e. The van der Waals surface area contributed by atoms with Gasteiger partial charge in [0.2, 0.25) is 17.6 Å². The Morgan fingerprint density at radius 1 is 1.19 bits per heavy atom. The van der Waals surface area contributed by atoms with Crippen LogP contribution in [-0.4, -0.2) is 46.0 Å². The fourth-order valence-electron chi connectivity index (χ4n) is 4.07. The van der Waals surface area contributed by atoms with Gasteiger partial charge in [-0.25, -0.2) is 0 Å². The van der Waals surface area contributed by atoms with Gasteiger partial charge in [-0.2, -0.15) is 4.98 Å². The lowest BCUT2D eigenvalue weighted by molar-refractivity contribution is -0.136. The summed E-state index contributed by atoms with van der Waals surface area (Å²) in [6, 6.07) is 16.0. The molecular formula is C24H27ClN4O2. The van der Waals surface area contributed by atoms with Crippen molar-refractivity contribution in [1.82, 2.24) is 19.9 Å². The average Bonchev–Trinajstić information content (AvgIpc) is 3.22. The minimum absolute atomic E-state index is 0.0321. The van der Waals surface area contributed by atoms with Crippen molar-refractivity contribution in [3.63, 3.8) is 0 Å². The number of benzene rings is 2. The first-order valence-corrected chi connectivity index (χ1v) is 11.0. The molecule has 4 rings (SSSR count). The largest absolute Gasteiger partial charge is 0.337 e. The Labute approximate surface area is 187 Å². The minimum atomic E-state index is 0.0321. The smallest absolute Gasteiger partial charge is 0.246 e. The highest BCUT2D eigenvalue weighted by Crippen LogP contribution is 2.26. The van der Waals surface area contributed by atoms with Crippen LogP contribution in [0.3, 0.4) is 0 Å². The normalized spacial score (nSPS) is 15.2. The van der Waals surface area contributed by atoms with Gasteiger partial charge in [-0.05, 0) is 50.6 Å². The quantitative estimate of drug-likeness (QED) is 0.564. The van der Waals surface area contributed by atoms with E-state index in [1.807, 2.05) is 18.2 Å². The fourth-order valence-corrected chi connectivity index (χ4v) is 4.29. The van der Waals surface area contributed by atoms with E-state index < -0.39 is 0 Å². The molecule has 0 atom stereocenters. The lowest BCUT2D eigenvalue weighted by Gasteiger charge is -2.33. The Morgan fingerprint density at radius 3 is 2.71 bits per heavy atom. The summed E-state index contributed by atoms with van der Waals surface area (Å²) in [7, 11) is 1.79. The molecule has 0 radical (unpaired) electrons. The Kier molecular flexibility index (Phi) is 6.68. The summed E-state index contributed by atoms with van der Waals surface area (Å²) in [5.74, 6) is 1.01. The van der Waals surface area contributed by atoms with E-state index in [9.17, 15) is 4.79 Å². The molecule has 1 amide bonds. The summed E-state index contributed by atoms with van der Waals surface area (Å²) in [6.45, 7) is 5.20. The van der Waals surface area contributed by atoms with Crippen LogP contribution in [0.15, 0.2) is 53.1 Å². The van der Waals surface area contributed by atoms with Crippen LogP contribution in [0, 0.1) is 12.8 Å². The Bertz CT molecular complexity index is 1040. The number of amides is 1. The molecule has 31 heavy (non-hydrogen) atoms. The Balaban J connectivity index is 1.30. The van der Waals surface area contributed by atoms with Gasteiger partial charge in [0.25, 0.3) is 0 Å². The second-order valence-electron chi connectivity index (χ2n) is 8.23. The number of aryl methyl sites for hydroxylation is 1. The van der Waals surface area contributed by atoms with E-state index in [1.165, 1.54) is 11.1 Å². The third-order valence-electron chi connectivity index (χ3n) is 5.76. The zero-order valence-corrected chi connectivity index (χ0v) is 18.7. The first kappa shape index (κ1) is 21.5. The summed E-state index contributed by atoms with van der Waals surface area (Å²) in [5.41, 5.74) is 3.32. The highest BCUT2D eigenvalue weighted by molar-refractivity contribution is 6.33. The predicted molar refractivity (Wildman–Crippen MR) is 120 cm³/mol. The zero-order chi connectivity index (χ0) is 21.8. The van der Waals surface area contributed by atoms with Crippen molar-refractivity contribution >= 4 is 17.5 Å². The number of aromatic nitrogens is 2. The van der Waals surface area contributed by atoms with Crippen molar-refractivity contribution in [3.8, 4) is 11.4 Å². The monoisotopic (exact) mass is 438 g/mol. The van der Waals surface area contributed by atoms with Gasteiger partial charge in [0.15, 0.2) is 0 Å². The lowest BCUT2D eigenvalue weighted by atomic mass is 9.95. The highest BCUT2D eigenvalue weighted by Gasteiger charge is 2.28. The molecule has 2 aromatic carbocycles. The number of hydrogen-bond acceptors (Lipinski definition) is 5. The molecule has 1 fully saturated rings. The van der Waals surface area contributed by atoms with Gasteiger partial charge >= 0.3 is 0 Å². The summed E-state index contributed by atoms with van der Waals surface area (Å²) < 4.78 is 5.35. The van der Waals surface area contributed by atoms with Crippen LogP contribution in [-0.2, 0) is 17.9 Å². The molecule has 1 aliphatic heterocycles. The molecule has 162 valence electrons. The molecule has 0 N–H and O–H groups in total. The number of nitrogens with zero attached hydrogens (tertiary/aromatic N) is 4. The second-order valence-corrected chi connectivity index (χ2v) is 8.63. The van der Waals surface area contributed by atoms with Crippen LogP contribution >= 0.6 is 11.6 Å². The van der Waals surface area contributed by atoms with Crippen LogP contribution in [0.4, 0.5) is 0 Å². The number of likely N-dealkylation sites (tertiary alicyclic amines) is 1. The van der Waals surface area contributed by atoms with E-state index in [1.54, 1.807) is 18.0 Å². The number of piperidine rings is 1. The molecule has 0 unspecified atom stereocenters. The molecule has 0 saturated carbocycles. The van der Waals surface area contributed by atoms with Crippen molar-refractivity contribution in [1.29, 1.82) is 0 Å². The van der Waals surface area contributed by atoms with Gasteiger partial charge < -0.3 is 9.42 Å². The van der Waals surface area contributed by atoms with E-state index in [0.717, 1.165) is 32.5 Å². The van der Waals surface area contributed by atoms with Gasteiger partial charge in [-0.1, -0.05) is 58.7 Å². The summed E-state index contributed by atoms with van der Waals surface area (Å²) in [5, 5.41) is 4.58. The summed E-state index contributed by atoms with van der Waals surface area (Å²) >= 11 is 6.21. The van der Waals surface area contributed by atoms with Gasteiger partial charge in [-0.3, -0.25) is 9.69 Å². The number of hydrogen-bond donors (Lipinski definition) is 0. The van der Waals surface area contributed by atoms with Gasteiger partial charge in [0.05, 0.1) is 11.6 Å². The third kappa shape index (κ3) is 5.32. The van der Waals surface area contributed by atoms with Crippen molar-refractivity contribution in [2.45, 2.75) is 32.9 Å². The third-order valence-corrected chi connectivity index (χ3v) is 6.09. The lowest BCUT2D eigenvalue weighted by Crippen LogP contribution is -2.40. The minimum Gasteiger partial charge on any atom is -0.337 e. The number of carbonyl (C=O) groups excluding carboxylic acids is 1. The Hall–Kier alpha value is -2.70. The van der Waals surface area contributed by atoms with Crippen molar-refractivity contribution in [2.75, 3.05) is 20.1 Å². The molecule has 1 aliphatic rings. The molecule has 0 bridgehead atoms. The summed E-state index contributed by atoms with van der Waals surface area (Å²) in [4.78, 5) is 21.5. The Morgan fingerprint density at radius 2 is 1.97 bits per heavy atom. The highest BCUT2D eigenvalue weighted by atomic mass is 35.5. The van der Waals surface area contributed by atoms with E-state index in [0.29, 0.717) is 28.8 Å². The van der Waals surface area contributed by atoms with E-state index >= 15 is 0 Å². The van der Waals surface area contributed by atoms with Crippen LogP contribution in [0.5, 0.6) is 0 Å². The standard InChI is InChI=1S/C24H27ClN4O2/c1-17-6-5-7-18(14-17)15-29-12-10-19(11-13-29)24(30)28(2)16-22-26-23(27-31-22)20-8-3-4-9-21(20)25/h3-9,14,19H,10-13,15-16H2,1-2H3. The zero-order valence-electron chi connectivity index (χ0n) is 17.9. The van der Waals surface area contributed by atoms with Crippen LogP contribution in [0.25, 0.3) is 11.4 Å².